The van der Waals surface area contributed by atoms with Gasteiger partial charge in [-0.3, -0.25) is 4.79 Å². The van der Waals surface area contributed by atoms with Crippen LogP contribution in [-0.2, 0) is 9.53 Å². The third-order valence-electron chi connectivity index (χ3n) is 3.19. The first kappa shape index (κ1) is 14.5. The van der Waals surface area contributed by atoms with Gasteiger partial charge in [0.25, 0.3) is 0 Å². The molecule has 0 radical (unpaired) electrons. The minimum atomic E-state index is -0.105. The van der Waals surface area contributed by atoms with E-state index in [0.717, 1.165) is 29.7 Å². The van der Waals surface area contributed by atoms with E-state index in [1.54, 1.807) is 0 Å². The highest BCUT2D eigenvalue weighted by atomic mass is 79.9. The molecule has 0 aromatic heterocycles. The second kappa shape index (κ2) is 7.62. The first-order chi connectivity index (χ1) is 9.24. The lowest BCUT2D eigenvalue weighted by Gasteiger charge is -2.09. The summed E-state index contributed by atoms with van der Waals surface area (Å²) in [4.78, 5) is 11.6. The molecule has 0 bridgehead atoms. The number of halogens is 1. The largest absolute Gasteiger partial charge is 0.372 e. The van der Waals surface area contributed by atoms with Gasteiger partial charge in [0.15, 0.2) is 0 Å². The molecule has 1 aromatic rings. The number of carbonyl (C=O) groups excluding carboxylic acids is 1. The van der Waals surface area contributed by atoms with Crippen molar-refractivity contribution in [2.24, 2.45) is 5.92 Å². The van der Waals surface area contributed by atoms with Gasteiger partial charge in [-0.1, -0.05) is 15.9 Å². The first-order valence-electron chi connectivity index (χ1n) is 6.58. The minimum absolute atomic E-state index is 0.105. The van der Waals surface area contributed by atoms with Crippen molar-refractivity contribution in [3.63, 3.8) is 0 Å². The van der Waals surface area contributed by atoms with Crippen molar-refractivity contribution in [1.82, 2.24) is 5.32 Å². The molecule has 1 aliphatic heterocycles. The van der Waals surface area contributed by atoms with Gasteiger partial charge in [-0.15, -0.1) is 0 Å². The van der Waals surface area contributed by atoms with Crippen molar-refractivity contribution in [3.8, 4) is 0 Å². The van der Waals surface area contributed by atoms with Gasteiger partial charge in [-0.25, -0.2) is 0 Å². The fourth-order valence-electron chi connectivity index (χ4n) is 2.11. The molecule has 5 heteroatoms. The monoisotopic (exact) mass is 326 g/mol. The van der Waals surface area contributed by atoms with Crippen molar-refractivity contribution >= 4 is 27.5 Å². The van der Waals surface area contributed by atoms with E-state index >= 15 is 0 Å². The van der Waals surface area contributed by atoms with Crippen LogP contribution in [0.25, 0.3) is 0 Å². The zero-order valence-electron chi connectivity index (χ0n) is 10.8. The Balaban J connectivity index is 1.60. The van der Waals surface area contributed by atoms with Gasteiger partial charge in [0.2, 0.25) is 5.91 Å². The number of carbonyl (C=O) groups is 1. The summed E-state index contributed by atoms with van der Waals surface area (Å²) in [6.45, 7) is 2.96. The lowest BCUT2D eigenvalue weighted by molar-refractivity contribution is -0.120. The molecule has 1 unspecified atom stereocenters. The lowest BCUT2D eigenvalue weighted by atomic mass is 10.1. The van der Waals surface area contributed by atoms with Crippen LogP contribution in [0, 0.1) is 5.92 Å². The van der Waals surface area contributed by atoms with Gasteiger partial charge < -0.3 is 15.4 Å². The molecule has 104 valence electrons. The number of anilines is 1. The van der Waals surface area contributed by atoms with Crippen LogP contribution in [0.4, 0.5) is 5.69 Å². The predicted octanol–water partition coefficient (Wildman–Crippen LogP) is 2.40. The first-order valence-corrected chi connectivity index (χ1v) is 7.37. The molecule has 1 aliphatic rings. The van der Waals surface area contributed by atoms with Gasteiger partial charge in [0.05, 0.1) is 0 Å². The molecule has 1 fully saturated rings. The Morgan fingerprint density at radius 2 is 2.21 bits per heavy atom. The van der Waals surface area contributed by atoms with Crippen molar-refractivity contribution in [2.75, 3.05) is 31.6 Å². The second-order valence-electron chi connectivity index (χ2n) is 4.76. The highest BCUT2D eigenvalue weighted by Crippen LogP contribution is 2.14. The molecule has 0 aliphatic carbocycles. The van der Waals surface area contributed by atoms with E-state index in [1.165, 1.54) is 6.42 Å². The smallest absolute Gasteiger partial charge is 0.250 e. The average molecular weight is 327 g/mol. The molecular formula is C14H19BrN2O2. The quantitative estimate of drug-likeness (QED) is 0.789. The molecule has 1 amide bonds. The van der Waals surface area contributed by atoms with Crippen LogP contribution in [-0.4, -0.2) is 32.2 Å². The van der Waals surface area contributed by atoms with Gasteiger partial charge in [0, 0.05) is 16.8 Å². The summed E-state index contributed by atoms with van der Waals surface area (Å²) < 4.78 is 6.40. The fourth-order valence-corrected chi connectivity index (χ4v) is 2.37. The molecule has 1 atom stereocenters. The maximum absolute atomic E-state index is 11.6. The van der Waals surface area contributed by atoms with Crippen molar-refractivity contribution < 1.29 is 9.53 Å². The SMILES string of the molecule is O=C(COCCC1CCNC1)Nc1ccc(Br)cc1. The summed E-state index contributed by atoms with van der Waals surface area (Å²) in [6, 6.07) is 7.49. The highest BCUT2D eigenvalue weighted by Gasteiger charge is 2.13. The Kier molecular flexibility index (Phi) is 5.82. The van der Waals surface area contributed by atoms with Crippen molar-refractivity contribution in [3.05, 3.63) is 28.7 Å². The molecule has 1 heterocycles. The number of benzene rings is 1. The second-order valence-corrected chi connectivity index (χ2v) is 5.67. The van der Waals surface area contributed by atoms with Crippen LogP contribution < -0.4 is 10.6 Å². The van der Waals surface area contributed by atoms with Gasteiger partial charge in [0.1, 0.15) is 6.61 Å². The molecule has 4 nitrogen and oxygen atoms in total. The Labute approximate surface area is 122 Å². The lowest BCUT2D eigenvalue weighted by Crippen LogP contribution is -2.19. The van der Waals surface area contributed by atoms with E-state index in [1.807, 2.05) is 24.3 Å². The number of amides is 1. The summed E-state index contributed by atoms with van der Waals surface area (Å²) in [7, 11) is 0. The molecule has 2 N–H and O–H groups in total. The average Bonchev–Trinajstić information content (AvgIpc) is 2.91. The number of hydrogen-bond acceptors (Lipinski definition) is 3. The molecule has 0 spiro atoms. The van der Waals surface area contributed by atoms with Crippen LogP contribution in [0.5, 0.6) is 0 Å². The normalized spacial score (nSPS) is 18.5. The molecule has 2 rings (SSSR count). The molecule has 19 heavy (non-hydrogen) atoms. The van der Waals surface area contributed by atoms with E-state index in [-0.39, 0.29) is 12.5 Å². The predicted molar refractivity (Wildman–Crippen MR) is 79.2 cm³/mol. The zero-order chi connectivity index (χ0) is 13.5. The fraction of sp³-hybridized carbons (Fsp3) is 0.500. The van der Waals surface area contributed by atoms with Crippen LogP contribution in [0.15, 0.2) is 28.7 Å². The summed E-state index contributed by atoms with van der Waals surface area (Å²) in [5.41, 5.74) is 0.789. The van der Waals surface area contributed by atoms with E-state index in [2.05, 4.69) is 26.6 Å². The van der Waals surface area contributed by atoms with E-state index < -0.39 is 0 Å². The van der Waals surface area contributed by atoms with Crippen LogP contribution in [0.1, 0.15) is 12.8 Å². The number of nitrogens with one attached hydrogen (secondary N) is 2. The van der Waals surface area contributed by atoms with Crippen LogP contribution in [0.3, 0.4) is 0 Å². The van der Waals surface area contributed by atoms with E-state index in [4.69, 9.17) is 4.74 Å². The van der Waals surface area contributed by atoms with Crippen molar-refractivity contribution in [2.45, 2.75) is 12.8 Å². The third-order valence-corrected chi connectivity index (χ3v) is 3.72. The molecule has 0 saturated carbocycles. The standard InChI is InChI=1S/C14H19BrN2O2/c15-12-1-3-13(4-2-12)17-14(18)10-19-8-6-11-5-7-16-9-11/h1-4,11,16H,5-10H2,(H,17,18). The molecular weight excluding hydrogens is 308 g/mol. The maximum atomic E-state index is 11.6. The number of ether oxygens (including phenoxy) is 1. The summed E-state index contributed by atoms with van der Waals surface area (Å²) in [6.07, 6.45) is 2.24. The Morgan fingerprint density at radius 1 is 1.42 bits per heavy atom. The zero-order valence-corrected chi connectivity index (χ0v) is 12.4. The van der Waals surface area contributed by atoms with Gasteiger partial charge in [-0.05, 0) is 56.1 Å². The van der Waals surface area contributed by atoms with Crippen molar-refractivity contribution in [1.29, 1.82) is 0 Å². The number of hydrogen-bond donors (Lipinski definition) is 2. The summed E-state index contributed by atoms with van der Waals surface area (Å²) >= 11 is 3.35. The van der Waals surface area contributed by atoms with Gasteiger partial charge in [-0.2, -0.15) is 0 Å². The maximum Gasteiger partial charge on any atom is 0.250 e. The Bertz CT molecular complexity index is 402. The summed E-state index contributed by atoms with van der Waals surface area (Å²) in [5.74, 6) is 0.599. The van der Waals surface area contributed by atoms with Crippen LogP contribution in [0.2, 0.25) is 0 Å². The molecule has 1 aromatic carbocycles. The molecule has 1 saturated heterocycles. The highest BCUT2D eigenvalue weighted by molar-refractivity contribution is 9.10. The van der Waals surface area contributed by atoms with E-state index in [9.17, 15) is 4.79 Å². The van der Waals surface area contributed by atoms with E-state index in [0.29, 0.717) is 12.5 Å². The van der Waals surface area contributed by atoms with Crippen LogP contribution >= 0.6 is 15.9 Å². The number of rotatable bonds is 6. The third kappa shape index (κ3) is 5.30. The topological polar surface area (TPSA) is 50.4 Å². The minimum Gasteiger partial charge on any atom is -0.372 e. The van der Waals surface area contributed by atoms with Gasteiger partial charge >= 0.3 is 0 Å². The Morgan fingerprint density at radius 3 is 2.89 bits per heavy atom. The Hall–Kier alpha value is -0.910. The summed E-state index contributed by atoms with van der Waals surface area (Å²) in [5, 5.41) is 6.12.